The number of carbonyl (C=O) groups is 1. The van der Waals surface area contributed by atoms with Crippen LogP contribution in [-0.2, 0) is 6.54 Å². The largest absolute Gasteiger partial charge is 0.545 e. The summed E-state index contributed by atoms with van der Waals surface area (Å²) in [5.74, 6) is -1.21. The first-order chi connectivity index (χ1) is 14.0. The Kier molecular flexibility index (Phi) is 4.96. The van der Waals surface area contributed by atoms with Gasteiger partial charge in [0.15, 0.2) is 0 Å². The Morgan fingerprint density at radius 3 is 2.52 bits per heavy atom. The van der Waals surface area contributed by atoms with Gasteiger partial charge >= 0.3 is 0 Å². The molecule has 4 rings (SSSR count). The van der Waals surface area contributed by atoms with Gasteiger partial charge in [-0.25, -0.2) is 4.98 Å². The molecule has 0 aliphatic carbocycles. The number of hydrogen-bond acceptors (Lipinski definition) is 4. The zero-order valence-electron chi connectivity index (χ0n) is 16.3. The Morgan fingerprint density at radius 2 is 1.76 bits per heavy atom. The molecule has 0 saturated carbocycles. The van der Waals surface area contributed by atoms with Gasteiger partial charge in [-0.1, -0.05) is 48.5 Å². The summed E-state index contributed by atoms with van der Waals surface area (Å²) in [6.45, 7) is 4.70. The van der Waals surface area contributed by atoms with Crippen LogP contribution in [0, 0.1) is 13.8 Å². The van der Waals surface area contributed by atoms with Crippen LogP contribution in [0.2, 0.25) is 0 Å². The molecule has 0 saturated heterocycles. The summed E-state index contributed by atoms with van der Waals surface area (Å²) in [4.78, 5) is 16.1. The van der Waals surface area contributed by atoms with Crippen LogP contribution < -0.4 is 5.11 Å². The third-order valence-corrected chi connectivity index (χ3v) is 4.99. The Labute approximate surface area is 169 Å². The molecule has 0 unspecified atom stereocenters. The first kappa shape index (κ1) is 18.6. The van der Waals surface area contributed by atoms with Gasteiger partial charge in [-0.15, -0.1) is 0 Å². The van der Waals surface area contributed by atoms with E-state index in [1.54, 1.807) is 24.3 Å². The standard InChI is InChI=1S/C24H21N3O2/c1-16-20(17(2)27(26-16)15-18-8-4-3-5-9-18)13-12-19-14-22(24(28)29)21-10-6-7-11-23(21)25-19/h3-14H,15H2,1-2H3,(H,28,29)/p-1/b13-12+. The van der Waals surface area contributed by atoms with Gasteiger partial charge in [-0.2, -0.15) is 5.10 Å². The molecule has 0 amide bonds. The molecule has 0 spiro atoms. The van der Waals surface area contributed by atoms with Crippen LogP contribution in [0.3, 0.4) is 0 Å². The van der Waals surface area contributed by atoms with E-state index >= 15 is 0 Å². The number of rotatable bonds is 5. The lowest BCUT2D eigenvalue weighted by Crippen LogP contribution is -2.22. The van der Waals surface area contributed by atoms with Crippen molar-refractivity contribution in [3.63, 3.8) is 0 Å². The van der Waals surface area contributed by atoms with Gasteiger partial charge in [-0.05, 0) is 43.7 Å². The molecule has 0 aliphatic heterocycles. The normalized spacial score (nSPS) is 11.4. The van der Waals surface area contributed by atoms with Crippen molar-refractivity contribution in [3.05, 3.63) is 94.4 Å². The SMILES string of the molecule is Cc1nn(Cc2ccccc2)c(C)c1/C=C/c1cc(C(=O)[O-])c2ccccc2n1. The van der Waals surface area contributed by atoms with Crippen LogP contribution >= 0.6 is 0 Å². The van der Waals surface area contributed by atoms with Crippen LogP contribution in [0.25, 0.3) is 23.1 Å². The number of pyridine rings is 1. The van der Waals surface area contributed by atoms with Crippen LogP contribution in [0.4, 0.5) is 0 Å². The molecule has 0 bridgehead atoms. The molecular formula is C24H20N3O2-. The van der Waals surface area contributed by atoms with E-state index < -0.39 is 5.97 Å². The summed E-state index contributed by atoms with van der Waals surface area (Å²) in [7, 11) is 0. The predicted octanol–water partition coefficient (Wildman–Crippen LogP) is 3.63. The van der Waals surface area contributed by atoms with Crippen molar-refractivity contribution < 1.29 is 9.90 Å². The molecule has 0 radical (unpaired) electrons. The van der Waals surface area contributed by atoms with Gasteiger partial charge in [0.05, 0.1) is 29.4 Å². The van der Waals surface area contributed by atoms with Gasteiger partial charge in [0.25, 0.3) is 0 Å². The van der Waals surface area contributed by atoms with Gasteiger partial charge < -0.3 is 9.90 Å². The highest BCUT2D eigenvalue weighted by molar-refractivity contribution is 6.02. The quantitative estimate of drug-likeness (QED) is 0.528. The van der Waals surface area contributed by atoms with Crippen molar-refractivity contribution >= 4 is 29.0 Å². The average Bonchev–Trinajstić information content (AvgIpc) is 2.99. The molecule has 0 fully saturated rings. The fourth-order valence-corrected chi connectivity index (χ4v) is 3.48. The van der Waals surface area contributed by atoms with Crippen molar-refractivity contribution in [2.75, 3.05) is 0 Å². The second-order valence-corrected chi connectivity index (χ2v) is 6.96. The Hall–Kier alpha value is -3.73. The Balaban J connectivity index is 1.68. The molecule has 0 atom stereocenters. The number of fused-ring (bicyclic) bond motifs is 1. The van der Waals surface area contributed by atoms with E-state index in [1.165, 1.54) is 5.56 Å². The monoisotopic (exact) mass is 382 g/mol. The van der Waals surface area contributed by atoms with Gasteiger partial charge in [0.2, 0.25) is 0 Å². The van der Waals surface area contributed by atoms with E-state index in [0.29, 0.717) is 23.1 Å². The predicted molar refractivity (Wildman–Crippen MR) is 112 cm³/mol. The number of para-hydroxylation sites is 1. The number of hydrogen-bond donors (Lipinski definition) is 0. The second kappa shape index (κ2) is 7.72. The number of aromatic carboxylic acids is 1. The molecule has 144 valence electrons. The lowest BCUT2D eigenvalue weighted by molar-refractivity contribution is -0.254. The second-order valence-electron chi connectivity index (χ2n) is 6.96. The van der Waals surface area contributed by atoms with Crippen molar-refractivity contribution in [2.45, 2.75) is 20.4 Å². The van der Waals surface area contributed by atoms with Crippen LogP contribution in [0.5, 0.6) is 0 Å². The molecule has 2 heterocycles. The van der Waals surface area contributed by atoms with Crippen molar-refractivity contribution in [1.82, 2.24) is 14.8 Å². The third kappa shape index (κ3) is 3.80. The fraction of sp³-hybridized carbons (Fsp3) is 0.125. The summed E-state index contributed by atoms with van der Waals surface area (Å²) >= 11 is 0. The van der Waals surface area contributed by atoms with Crippen LogP contribution in [0.1, 0.15) is 38.6 Å². The van der Waals surface area contributed by atoms with Crippen molar-refractivity contribution in [1.29, 1.82) is 0 Å². The lowest BCUT2D eigenvalue weighted by atomic mass is 10.1. The minimum atomic E-state index is -1.21. The minimum absolute atomic E-state index is 0.142. The van der Waals surface area contributed by atoms with E-state index in [0.717, 1.165) is 17.0 Å². The molecule has 29 heavy (non-hydrogen) atoms. The number of aromatic nitrogens is 3. The highest BCUT2D eigenvalue weighted by Crippen LogP contribution is 2.21. The van der Waals surface area contributed by atoms with Crippen LogP contribution in [-0.4, -0.2) is 20.7 Å². The number of nitrogens with zero attached hydrogens (tertiary/aromatic N) is 3. The highest BCUT2D eigenvalue weighted by atomic mass is 16.4. The molecular weight excluding hydrogens is 362 g/mol. The highest BCUT2D eigenvalue weighted by Gasteiger charge is 2.10. The van der Waals surface area contributed by atoms with E-state index in [9.17, 15) is 9.90 Å². The zero-order chi connectivity index (χ0) is 20.4. The zero-order valence-corrected chi connectivity index (χ0v) is 16.3. The summed E-state index contributed by atoms with van der Waals surface area (Å²) in [5.41, 5.74) is 5.48. The Bertz CT molecular complexity index is 1220. The average molecular weight is 382 g/mol. The number of aryl methyl sites for hydroxylation is 1. The maximum Gasteiger partial charge on any atom is 0.0722 e. The number of carbonyl (C=O) groups excluding carboxylic acids is 1. The first-order valence-corrected chi connectivity index (χ1v) is 9.40. The smallest absolute Gasteiger partial charge is 0.0722 e. The van der Waals surface area contributed by atoms with Crippen LogP contribution in [0.15, 0.2) is 60.7 Å². The molecule has 2 aromatic carbocycles. The molecule has 5 heteroatoms. The summed E-state index contributed by atoms with van der Waals surface area (Å²) in [6.07, 6.45) is 3.76. The molecule has 2 aromatic heterocycles. The minimum Gasteiger partial charge on any atom is -0.545 e. The molecule has 0 aliphatic rings. The Morgan fingerprint density at radius 1 is 1.03 bits per heavy atom. The summed E-state index contributed by atoms with van der Waals surface area (Å²) in [6, 6.07) is 18.9. The van der Waals surface area contributed by atoms with E-state index in [1.807, 2.05) is 54.9 Å². The molecule has 5 nitrogen and oxygen atoms in total. The maximum atomic E-state index is 11.6. The summed E-state index contributed by atoms with van der Waals surface area (Å²) < 4.78 is 1.98. The van der Waals surface area contributed by atoms with Crippen molar-refractivity contribution in [2.24, 2.45) is 0 Å². The van der Waals surface area contributed by atoms with Gasteiger partial charge in [0, 0.05) is 22.2 Å². The summed E-state index contributed by atoms with van der Waals surface area (Å²) in [5, 5.41) is 16.8. The lowest BCUT2D eigenvalue weighted by Gasteiger charge is -2.08. The number of carboxylic acids is 1. The number of benzene rings is 2. The van der Waals surface area contributed by atoms with Crippen molar-refractivity contribution in [3.8, 4) is 0 Å². The first-order valence-electron chi connectivity index (χ1n) is 9.40. The van der Waals surface area contributed by atoms with Gasteiger partial charge in [0.1, 0.15) is 0 Å². The van der Waals surface area contributed by atoms with Gasteiger partial charge in [-0.3, -0.25) is 4.68 Å². The maximum absolute atomic E-state index is 11.6. The topological polar surface area (TPSA) is 70.8 Å². The van der Waals surface area contributed by atoms with E-state index in [-0.39, 0.29) is 5.56 Å². The molecule has 0 N–H and O–H groups in total. The number of carboxylic acid groups (broad SMARTS) is 1. The fourth-order valence-electron chi connectivity index (χ4n) is 3.48. The molecule has 4 aromatic rings. The third-order valence-electron chi connectivity index (χ3n) is 4.99. The van der Waals surface area contributed by atoms with E-state index in [4.69, 9.17) is 0 Å². The van der Waals surface area contributed by atoms with E-state index in [2.05, 4.69) is 22.2 Å².